The van der Waals surface area contributed by atoms with E-state index in [1.54, 1.807) is 5.48 Å². The number of hydrogen-bond acceptors (Lipinski definition) is 5. The molecule has 5 atom stereocenters. The molecular formula is C22H33NO3S2. The number of amides is 1. The number of rotatable bonds is 12. The van der Waals surface area contributed by atoms with Crippen LogP contribution in [-0.2, 0) is 15.3 Å². The number of nitrogens with one attached hydrogen (secondary N) is 1. The van der Waals surface area contributed by atoms with E-state index in [4.69, 9.17) is 9.94 Å². The van der Waals surface area contributed by atoms with Crippen molar-refractivity contribution in [2.75, 3.05) is 11.5 Å². The van der Waals surface area contributed by atoms with E-state index in [9.17, 15) is 4.79 Å². The number of benzene rings is 1. The molecule has 6 heteroatoms. The average molecular weight is 424 g/mol. The fourth-order valence-electron chi connectivity index (χ4n) is 4.45. The molecule has 1 aromatic rings. The van der Waals surface area contributed by atoms with Crippen molar-refractivity contribution in [3.63, 3.8) is 0 Å². The molecule has 5 unspecified atom stereocenters. The molecule has 2 heterocycles. The average Bonchev–Trinajstić information content (AvgIpc) is 3.32. The standard InChI is InChI=1S/C22H33NO3S2/c1-16(6-5-9-22(24)23-25)28-15-19-18(20-10-11-21(19)26-20)12-13-27-14-17-7-3-2-4-8-17/h2-4,7-8,16,18-21,25H,5-6,9-15H2,1H3,(H,23,24). The SMILES string of the molecule is CC(CCCC(=O)NO)SCC1C2CCC(O2)C1CCSCc1ccccc1. The number of fused-ring (bicyclic) bond motifs is 2. The molecule has 4 nitrogen and oxygen atoms in total. The van der Waals surface area contributed by atoms with Crippen molar-refractivity contribution in [3.05, 3.63) is 35.9 Å². The van der Waals surface area contributed by atoms with Crippen molar-refractivity contribution >= 4 is 29.4 Å². The van der Waals surface area contributed by atoms with Crippen LogP contribution in [-0.4, -0.2) is 40.1 Å². The summed E-state index contributed by atoms with van der Waals surface area (Å²) < 4.78 is 6.27. The highest BCUT2D eigenvalue weighted by Crippen LogP contribution is 2.47. The first-order valence-corrected chi connectivity index (χ1v) is 12.7. The first-order chi connectivity index (χ1) is 13.7. The Morgan fingerprint density at radius 2 is 2.00 bits per heavy atom. The van der Waals surface area contributed by atoms with Crippen LogP contribution in [0.2, 0.25) is 0 Å². The van der Waals surface area contributed by atoms with Crippen molar-refractivity contribution in [3.8, 4) is 0 Å². The maximum Gasteiger partial charge on any atom is 0.243 e. The number of carbonyl (C=O) groups is 1. The molecule has 0 radical (unpaired) electrons. The predicted octanol–water partition coefficient (Wildman–Crippen LogP) is 4.90. The molecule has 2 N–H and O–H groups in total. The maximum absolute atomic E-state index is 11.1. The Kier molecular flexibility index (Phi) is 9.03. The van der Waals surface area contributed by atoms with E-state index < -0.39 is 0 Å². The summed E-state index contributed by atoms with van der Waals surface area (Å²) in [4.78, 5) is 11.1. The van der Waals surface area contributed by atoms with Gasteiger partial charge in [-0.15, -0.1) is 0 Å². The first kappa shape index (κ1) is 22.0. The molecule has 2 aliphatic heterocycles. The van der Waals surface area contributed by atoms with Crippen molar-refractivity contribution in [1.82, 2.24) is 5.48 Å². The zero-order valence-electron chi connectivity index (χ0n) is 16.7. The van der Waals surface area contributed by atoms with Crippen LogP contribution < -0.4 is 5.48 Å². The summed E-state index contributed by atoms with van der Waals surface area (Å²) in [7, 11) is 0. The number of carbonyl (C=O) groups excluding carboxylic acids is 1. The third-order valence-electron chi connectivity index (χ3n) is 6.01. The van der Waals surface area contributed by atoms with Crippen LogP contribution in [0, 0.1) is 11.8 Å². The minimum absolute atomic E-state index is 0.285. The normalized spacial score (nSPS) is 27.1. The number of thioether (sulfide) groups is 2. The smallest absolute Gasteiger partial charge is 0.243 e. The van der Waals surface area contributed by atoms with Gasteiger partial charge < -0.3 is 4.74 Å². The summed E-state index contributed by atoms with van der Waals surface area (Å²) in [5.74, 6) is 4.58. The van der Waals surface area contributed by atoms with Crippen LogP contribution in [0.5, 0.6) is 0 Å². The lowest BCUT2D eigenvalue weighted by Crippen LogP contribution is -2.30. The van der Waals surface area contributed by atoms with Gasteiger partial charge in [-0.2, -0.15) is 23.5 Å². The Labute approximate surface area is 177 Å². The van der Waals surface area contributed by atoms with E-state index in [1.165, 1.54) is 36.3 Å². The Bertz CT molecular complexity index is 601. The molecule has 156 valence electrons. The van der Waals surface area contributed by atoms with E-state index in [1.807, 2.05) is 23.5 Å². The van der Waals surface area contributed by atoms with Crippen molar-refractivity contribution in [2.45, 2.75) is 68.7 Å². The summed E-state index contributed by atoms with van der Waals surface area (Å²) in [5, 5.41) is 9.11. The quantitative estimate of drug-likeness (QED) is 0.284. The molecule has 2 aliphatic rings. The van der Waals surface area contributed by atoms with Gasteiger partial charge in [0.2, 0.25) is 5.91 Å². The van der Waals surface area contributed by atoms with E-state index in [-0.39, 0.29) is 5.91 Å². The largest absolute Gasteiger partial charge is 0.374 e. The Morgan fingerprint density at radius 3 is 2.75 bits per heavy atom. The Morgan fingerprint density at radius 1 is 1.25 bits per heavy atom. The monoisotopic (exact) mass is 423 g/mol. The first-order valence-electron chi connectivity index (χ1n) is 10.5. The lowest BCUT2D eigenvalue weighted by Gasteiger charge is -2.28. The Hall–Kier alpha value is -0.690. The molecule has 28 heavy (non-hydrogen) atoms. The van der Waals surface area contributed by atoms with Crippen molar-refractivity contribution in [2.24, 2.45) is 11.8 Å². The van der Waals surface area contributed by atoms with Gasteiger partial charge in [0.25, 0.3) is 0 Å². The summed E-state index contributed by atoms with van der Waals surface area (Å²) in [6, 6.07) is 10.7. The highest BCUT2D eigenvalue weighted by Gasteiger charge is 2.48. The maximum atomic E-state index is 11.1. The summed E-state index contributed by atoms with van der Waals surface area (Å²) in [5.41, 5.74) is 3.12. The highest BCUT2D eigenvalue weighted by atomic mass is 32.2. The van der Waals surface area contributed by atoms with Crippen molar-refractivity contribution < 1.29 is 14.7 Å². The summed E-state index contributed by atoms with van der Waals surface area (Å²) >= 11 is 4.07. The van der Waals surface area contributed by atoms with Crippen LogP contribution in [0.1, 0.15) is 51.0 Å². The summed E-state index contributed by atoms with van der Waals surface area (Å²) in [6.07, 6.45) is 6.92. The van der Waals surface area contributed by atoms with Gasteiger partial charge in [-0.1, -0.05) is 37.3 Å². The third-order valence-corrected chi connectivity index (χ3v) is 8.45. The molecular weight excluding hydrogens is 390 g/mol. The van der Waals surface area contributed by atoms with Crippen molar-refractivity contribution in [1.29, 1.82) is 0 Å². The molecule has 1 aromatic carbocycles. The lowest BCUT2D eigenvalue weighted by molar-refractivity contribution is -0.129. The van der Waals surface area contributed by atoms with Gasteiger partial charge in [0, 0.05) is 17.4 Å². The highest BCUT2D eigenvalue weighted by molar-refractivity contribution is 7.99. The van der Waals surface area contributed by atoms with Crippen LogP contribution in [0.4, 0.5) is 0 Å². The molecule has 2 fully saturated rings. The van der Waals surface area contributed by atoms with Gasteiger partial charge in [0.15, 0.2) is 0 Å². The fourth-order valence-corrected chi connectivity index (χ4v) is 6.81. The molecule has 0 aromatic heterocycles. The molecule has 0 spiro atoms. The van der Waals surface area contributed by atoms with E-state index in [0.29, 0.717) is 35.7 Å². The zero-order chi connectivity index (χ0) is 19.8. The van der Waals surface area contributed by atoms with Gasteiger partial charge >= 0.3 is 0 Å². The van der Waals surface area contributed by atoms with E-state index >= 15 is 0 Å². The molecule has 1 amide bonds. The molecule has 0 saturated carbocycles. The zero-order valence-corrected chi connectivity index (χ0v) is 18.4. The Balaban J connectivity index is 1.37. The van der Waals surface area contributed by atoms with Gasteiger partial charge in [-0.25, -0.2) is 5.48 Å². The second-order valence-electron chi connectivity index (χ2n) is 8.02. The molecule has 0 aliphatic carbocycles. The second kappa shape index (κ2) is 11.5. The number of ether oxygens (including phenoxy) is 1. The fraction of sp³-hybridized carbons (Fsp3) is 0.682. The van der Waals surface area contributed by atoms with Crippen LogP contribution in [0.3, 0.4) is 0 Å². The molecule has 2 bridgehead atoms. The number of hydroxylamine groups is 1. The third kappa shape index (κ3) is 6.41. The van der Waals surface area contributed by atoms with Crippen LogP contribution in [0.25, 0.3) is 0 Å². The number of hydrogen-bond donors (Lipinski definition) is 2. The van der Waals surface area contributed by atoms with Crippen LogP contribution in [0.15, 0.2) is 30.3 Å². The van der Waals surface area contributed by atoms with Gasteiger partial charge in [-0.05, 0) is 61.0 Å². The van der Waals surface area contributed by atoms with E-state index in [0.717, 1.165) is 18.6 Å². The minimum Gasteiger partial charge on any atom is -0.374 e. The second-order valence-corrected chi connectivity index (χ2v) is 10.6. The van der Waals surface area contributed by atoms with Crippen LogP contribution >= 0.6 is 23.5 Å². The topological polar surface area (TPSA) is 58.6 Å². The molecule has 3 rings (SSSR count). The van der Waals surface area contributed by atoms with Gasteiger partial charge in [0.05, 0.1) is 12.2 Å². The lowest BCUT2D eigenvalue weighted by atomic mass is 9.79. The summed E-state index contributed by atoms with van der Waals surface area (Å²) in [6.45, 7) is 2.25. The molecule has 2 saturated heterocycles. The predicted molar refractivity (Wildman–Crippen MR) is 118 cm³/mol. The van der Waals surface area contributed by atoms with E-state index in [2.05, 4.69) is 37.3 Å². The van der Waals surface area contributed by atoms with Gasteiger partial charge in [-0.3, -0.25) is 10.0 Å². The minimum atomic E-state index is -0.285. The van der Waals surface area contributed by atoms with Gasteiger partial charge in [0.1, 0.15) is 0 Å².